The van der Waals surface area contributed by atoms with E-state index in [4.69, 9.17) is 4.74 Å². The molecule has 0 heterocycles. The van der Waals surface area contributed by atoms with Crippen molar-refractivity contribution in [2.24, 2.45) is 0 Å². The highest BCUT2D eigenvalue weighted by atomic mass is 16.5. The number of rotatable bonds is 7. The van der Waals surface area contributed by atoms with Crippen molar-refractivity contribution in [3.8, 4) is 5.75 Å². The lowest BCUT2D eigenvalue weighted by molar-refractivity contribution is -0.130. The summed E-state index contributed by atoms with van der Waals surface area (Å²) in [4.78, 5) is 13.8. The maximum absolute atomic E-state index is 12.1. The summed E-state index contributed by atoms with van der Waals surface area (Å²) in [5.74, 6) is 1.01. The van der Waals surface area contributed by atoms with E-state index in [0.717, 1.165) is 17.7 Å². The van der Waals surface area contributed by atoms with E-state index >= 15 is 0 Å². The first kappa shape index (κ1) is 16.1. The number of benzene rings is 2. The van der Waals surface area contributed by atoms with Crippen LogP contribution in [0.5, 0.6) is 5.75 Å². The van der Waals surface area contributed by atoms with Gasteiger partial charge < -0.3 is 9.64 Å². The number of hydrogen-bond acceptors (Lipinski definition) is 2. The Balaban J connectivity index is 1.67. The largest absolute Gasteiger partial charge is 0.494 e. The molecule has 3 heteroatoms. The van der Waals surface area contributed by atoms with E-state index in [1.807, 2.05) is 68.6 Å². The van der Waals surface area contributed by atoms with Crippen LogP contribution in [-0.2, 0) is 11.3 Å². The Morgan fingerprint density at radius 3 is 2.41 bits per heavy atom. The van der Waals surface area contributed by atoms with Crippen LogP contribution in [-0.4, -0.2) is 24.5 Å². The molecule has 0 saturated heterocycles. The van der Waals surface area contributed by atoms with Crippen LogP contribution in [0.25, 0.3) is 0 Å². The van der Waals surface area contributed by atoms with Gasteiger partial charge in [-0.2, -0.15) is 0 Å². The van der Waals surface area contributed by atoms with E-state index in [1.54, 1.807) is 4.90 Å². The van der Waals surface area contributed by atoms with Crippen LogP contribution in [0.4, 0.5) is 0 Å². The molecule has 0 aliphatic rings. The molecule has 0 unspecified atom stereocenters. The molecule has 0 spiro atoms. The third-order valence-electron chi connectivity index (χ3n) is 3.51. The molecular weight excluding hydrogens is 274 g/mol. The highest BCUT2D eigenvalue weighted by molar-refractivity contribution is 5.75. The van der Waals surface area contributed by atoms with Crippen molar-refractivity contribution < 1.29 is 9.53 Å². The van der Waals surface area contributed by atoms with E-state index in [-0.39, 0.29) is 5.91 Å². The fraction of sp³-hybridized carbons (Fsp3) is 0.316. The van der Waals surface area contributed by atoms with Gasteiger partial charge in [-0.3, -0.25) is 4.79 Å². The molecule has 0 N–H and O–H groups in total. The van der Waals surface area contributed by atoms with Gasteiger partial charge in [-0.05, 0) is 31.0 Å². The summed E-state index contributed by atoms with van der Waals surface area (Å²) < 4.78 is 5.64. The van der Waals surface area contributed by atoms with Crippen LogP contribution in [0, 0.1) is 6.92 Å². The standard InChI is InChI=1S/C19H23NO2/c1-16-10-12-18(13-11-16)22-14-6-9-19(21)20(2)15-17-7-4-3-5-8-17/h3-5,7-8,10-13H,6,9,14-15H2,1-2H3. The van der Waals surface area contributed by atoms with Gasteiger partial charge in [0.25, 0.3) is 0 Å². The minimum absolute atomic E-state index is 0.149. The van der Waals surface area contributed by atoms with Crippen LogP contribution in [0.1, 0.15) is 24.0 Å². The molecular formula is C19H23NO2. The molecule has 0 aliphatic heterocycles. The smallest absolute Gasteiger partial charge is 0.222 e. The number of hydrogen-bond donors (Lipinski definition) is 0. The van der Waals surface area contributed by atoms with Crippen molar-refractivity contribution in [3.05, 3.63) is 65.7 Å². The van der Waals surface area contributed by atoms with Crippen LogP contribution < -0.4 is 4.74 Å². The van der Waals surface area contributed by atoms with E-state index in [0.29, 0.717) is 19.6 Å². The Morgan fingerprint density at radius 1 is 1.05 bits per heavy atom. The monoisotopic (exact) mass is 297 g/mol. The number of nitrogens with zero attached hydrogens (tertiary/aromatic N) is 1. The van der Waals surface area contributed by atoms with Crippen molar-refractivity contribution in [3.63, 3.8) is 0 Å². The van der Waals surface area contributed by atoms with Gasteiger partial charge in [-0.15, -0.1) is 0 Å². The first-order chi connectivity index (χ1) is 10.6. The second-order valence-electron chi connectivity index (χ2n) is 5.50. The second-order valence-corrected chi connectivity index (χ2v) is 5.50. The molecule has 2 aromatic carbocycles. The van der Waals surface area contributed by atoms with Crippen LogP contribution in [0.3, 0.4) is 0 Å². The van der Waals surface area contributed by atoms with E-state index in [9.17, 15) is 4.79 Å². The highest BCUT2D eigenvalue weighted by Gasteiger charge is 2.08. The van der Waals surface area contributed by atoms with Crippen LogP contribution in [0.2, 0.25) is 0 Å². The lowest BCUT2D eigenvalue weighted by Gasteiger charge is -2.17. The number of amides is 1. The van der Waals surface area contributed by atoms with Gasteiger partial charge in [0.2, 0.25) is 5.91 Å². The van der Waals surface area contributed by atoms with E-state index < -0.39 is 0 Å². The van der Waals surface area contributed by atoms with Gasteiger partial charge in [-0.1, -0.05) is 48.0 Å². The number of aryl methyl sites for hydroxylation is 1. The van der Waals surface area contributed by atoms with Gasteiger partial charge in [0.1, 0.15) is 5.75 Å². The summed E-state index contributed by atoms with van der Waals surface area (Å²) in [6, 6.07) is 18.0. The van der Waals surface area contributed by atoms with Gasteiger partial charge in [0, 0.05) is 20.0 Å². The molecule has 0 atom stereocenters. The van der Waals surface area contributed by atoms with Gasteiger partial charge in [-0.25, -0.2) is 0 Å². The van der Waals surface area contributed by atoms with E-state index in [1.165, 1.54) is 5.56 Å². The maximum Gasteiger partial charge on any atom is 0.222 e. The predicted molar refractivity (Wildman–Crippen MR) is 88.8 cm³/mol. The molecule has 2 rings (SSSR count). The first-order valence-electron chi connectivity index (χ1n) is 7.62. The summed E-state index contributed by atoms with van der Waals surface area (Å²) in [5, 5.41) is 0. The first-order valence-corrected chi connectivity index (χ1v) is 7.62. The zero-order valence-electron chi connectivity index (χ0n) is 13.3. The van der Waals surface area contributed by atoms with Crippen molar-refractivity contribution >= 4 is 5.91 Å². The second kappa shape index (κ2) is 8.23. The van der Waals surface area contributed by atoms with Gasteiger partial charge in [0.15, 0.2) is 0 Å². The van der Waals surface area contributed by atoms with Gasteiger partial charge >= 0.3 is 0 Å². The summed E-state index contributed by atoms with van der Waals surface area (Å²) in [6.07, 6.45) is 1.24. The number of carbonyl (C=O) groups excluding carboxylic acids is 1. The lowest BCUT2D eigenvalue weighted by atomic mass is 10.2. The zero-order chi connectivity index (χ0) is 15.8. The minimum Gasteiger partial charge on any atom is -0.494 e. The highest BCUT2D eigenvalue weighted by Crippen LogP contribution is 2.12. The Bertz CT molecular complexity index is 578. The third kappa shape index (κ3) is 5.24. The predicted octanol–water partition coefficient (Wildman–Crippen LogP) is 3.81. The fourth-order valence-electron chi connectivity index (χ4n) is 2.18. The SMILES string of the molecule is Cc1ccc(OCCCC(=O)N(C)Cc2ccccc2)cc1. The minimum atomic E-state index is 0.149. The summed E-state index contributed by atoms with van der Waals surface area (Å²) >= 11 is 0. The molecule has 0 aromatic heterocycles. The molecule has 0 fully saturated rings. The van der Waals surface area contributed by atoms with Crippen LogP contribution in [0.15, 0.2) is 54.6 Å². The molecule has 2 aromatic rings. The molecule has 116 valence electrons. The third-order valence-corrected chi connectivity index (χ3v) is 3.51. The topological polar surface area (TPSA) is 29.5 Å². The Kier molecular flexibility index (Phi) is 6.01. The van der Waals surface area contributed by atoms with E-state index in [2.05, 4.69) is 0 Å². The Labute approximate surface area is 132 Å². The molecule has 0 saturated carbocycles. The Hall–Kier alpha value is -2.29. The fourth-order valence-corrected chi connectivity index (χ4v) is 2.18. The summed E-state index contributed by atoms with van der Waals surface area (Å²) in [7, 11) is 1.84. The molecule has 22 heavy (non-hydrogen) atoms. The molecule has 0 radical (unpaired) electrons. The average molecular weight is 297 g/mol. The van der Waals surface area contributed by atoms with Crippen molar-refractivity contribution in [1.29, 1.82) is 0 Å². The summed E-state index contributed by atoms with van der Waals surface area (Å²) in [5.41, 5.74) is 2.36. The summed E-state index contributed by atoms with van der Waals surface area (Å²) in [6.45, 7) is 3.26. The van der Waals surface area contributed by atoms with Crippen molar-refractivity contribution in [2.75, 3.05) is 13.7 Å². The Morgan fingerprint density at radius 2 is 1.73 bits per heavy atom. The molecule has 0 aliphatic carbocycles. The average Bonchev–Trinajstić information content (AvgIpc) is 2.54. The molecule has 1 amide bonds. The maximum atomic E-state index is 12.1. The molecule has 0 bridgehead atoms. The zero-order valence-corrected chi connectivity index (χ0v) is 13.3. The lowest BCUT2D eigenvalue weighted by Crippen LogP contribution is -2.26. The normalized spacial score (nSPS) is 10.3. The van der Waals surface area contributed by atoms with Gasteiger partial charge in [0.05, 0.1) is 6.61 Å². The van der Waals surface area contributed by atoms with Crippen molar-refractivity contribution in [2.45, 2.75) is 26.3 Å². The van der Waals surface area contributed by atoms with Crippen molar-refractivity contribution in [1.82, 2.24) is 4.90 Å². The quantitative estimate of drug-likeness (QED) is 0.727. The molecule has 3 nitrogen and oxygen atoms in total. The number of ether oxygens (including phenoxy) is 1. The number of carbonyl (C=O) groups is 1. The van der Waals surface area contributed by atoms with Crippen LogP contribution >= 0.6 is 0 Å².